The zero-order valence-electron chi connectivity index (χ0n) is 18.3. The highest BCUT2D eigenvalue weighted by molar-refractivity contribution is 7.17. The molecule has 0 saturated carbocycles. The van der Waals surface area contributed by atoms with E-state index < -0.39 is 17.8 Å². The van der Waals surface area contributed by atoms with Crippen molar-refractivity contribution < 1.29 is 24.5 Å². The Morgan fingerprint density at radius 1 is 1.03 bits per heavy atom. The van der Waals surface area contributed by atoms with E-state index >= 15 is 0 Å². The zero-order chi connectivity index (χ0) is 23.4. The third kappa shape index (κ3) is 4.94. The lowest BCUT2D eigenvalue weighted by Crippen LogP contribution is -2.37. The first-order valence-electron chi connectivity index (χ1n) is 10.8. The highest BCUT2D eigenvalue weighted by Gasteiger charge is 2.34. The van der Waals surface area contributed by atoms with Crippen LogP contribution in [0.4, 0.5) is 0 Å². The van der Waals surface area contributed by atoms with Crippen molar-refractivity contribution in [2.24, 2.45) is 0 Å². The summed E-state index contributed by atoms with van der Waals surface area (Å²) in [5.74, 6) is 0.331. The molecule has 0 spiro atoms. The normalized spacial score (nSPS) is 21.9. The van der Waals surface area contributed by atoms with Gasteiger partial charge in [0, 0.05) is 18.5 Å². The number of hydrogen-bond donors (Lipinski definition) is 3. The smallest absolute Gasteiger partial charge is 0.251 e. The van der Waals surface area contributed by atoms with Crippen LogP contribution in [0.3, 0.4) is 0 Å². The Labute approximate surface area is 195 Å². The lowest BCUT2D eigenvalue weighted by molar-refractivity contribution is 0.0341. The van der Waals surface area contributed by atoms with E-state index in [2.05, 4.69) is 14.6 Å². The quantitative estimate of drug-likeness (QED) is 0.369. The minimum atomic E-state index is -1.40. The molecule has 172 valence electrons. The summed E-state index contributed by atoms with van der Waals surface area (Å²) in [4.78, 5) is 12.6. The Bertz CT molecular complexity index is 1070. The maximum absolute atomic E-state index is 12.6. The number of methoxy groups -OCH3 is 1. The number of carbonyl (C=O) groups is 1. The van der Waals surface area contributed by atoms with Crippen molar-refractivity contribution in [1.29, 1.82) is 0 Å². The maximum Gasteiger partial charge on any atom is 0.251 e. The van der Waals surface area contributed by atoms with Gasteiger partial charge in [0.05, 0.1) is 19.1 Å². The second kappa shape index (κ2) is 10.0. The van der Waals surface area contributed by atoms with Crippen LogP contribution in [0.2, 0.25) is 0 Å². The van der Waals surface area contributed by atoms with Crippen LogP contribution in [0, 0.1) is 0 Å². The molecule has 1 aliphatic rings. The molecule has 6 nitrogen and oxygen atoms in total. The molecule has 2 unspecified atom stereocenters. The minimum Gasteiger partial charge on any atom is -0.497 e. The highest BCUT2D eigenvalue weighted by Crippen LogP contribution is 2.37. The van der Waals surface area contributed by atoms with Gasteiger partial charge in [0.15, 0.2) is 0 Å². The van der Waals surface area contributed by atoms with Crippen molar-refractivity contribution in [3.8, 4) is 5.75 Å². The number of carbonyl (C=O) groups excluding carboxylic acids is 1. The van der Waals surface area contributed by atoms with Gasteiger partial charge in [-0.05, 0) is 41.0 Å². The average molecular weight is 465 g/mol. The topological polar surface area (TPSA) is 88.0 Å². The van der Waals surface area contributed by atoms with Gasteiger partial charge in [-0.2, -0.15) is 0 Å². The largest absolute Gasteiger partial charge is 0.497 e. The Balaban J connectivity index is 1.57. The first kappa shape index (κ1) is 23.4. The lowest BCUT2D eigenvalue weighted by atomic mass is 9.80. The van der Waals surface area contributed by atoms with Gasteiger partial charge in [-0.3, -0.25) is 4.79 Å². The summed E-state index contributed by atoms with van der Waals surface area (Å²) in [7, 11) is 4.13. The molecule has 0 aliphatic carbocycles. The first-order valence-corrected chi connectivity index (χ1v) is 11.5. The van der Waals surface area contributed by atoms with Crippen molar-refractivity contribution >= 4 is 15.1 Å². The number of amides is 1. The van der Waals surface area contributed by atoms with Gasteiger partial charge in [0.1, 0.15) is 17.5 Å². The van der Waals surface area contributed by atoms with Crippen LogP contribution < -0.4 is 10.1 Å². The van der Waals surface area contributed by atoms with Crippen LogP contribution in [0.25, 0.3) is 0 Å². The summed E-state index contributed by atoms with van der Waals surface area (Å²) in [5, 5.41) is 24.7. The lowest BCUT2D eigenvalue weighted by Gasteiger charge is -2.30. The van der Waals surface area contributed by atoms with E-state index in [1.165, 1.54) is 0 Å². The second-order valence-electron chi connectivity index (χ2n) is 8.11. The second-order valence-corrected chi connectivity index (χ2v) is 8.85. The predicted molar refractivity (Wildman–Crippen MR) is 129 cm³/mol. The fourth-order valence-corrected chi connectivity index (χ4v) is 4.60. The number of aliphatic hydroxyl groups excluding tert-OH is 1. The molecule has 1 heterocycles. The van der Waals surface area contributed by atoms with Crippen molar-refractivity contribution in [3.63, 3.8) is 0 Å². The van der Waals surface area contributed by atoms with Gasteiger partial charge in [0.2, 0.25) is 0 Å². The maximum atomic E-state index is 12.6. The molecule has 4 rings (SSSR count). The molecule has 0 bridgehead atoms. The highest BCUT2D eigenvalue weighted by atomic mass is 31.0. The van der Waals surface area contributed by atoms with Crippen LogP contribution in [0.1, 0.15) is 33.5 Å². The predicted octanol–water partition coefficient (Wildman–Crippen LogP) is 3.06. The zero-order valence-corrected chi connectivity index (χ0v) is 19.5. The van der Waals surface area contributed by atoms with Gasteiger partial charge in [-0.1, -0.05) is 54.6 Å². The molecular weight excluding hydrogens is 437 g/mol. The van der Waals surface area contributed by atoms with Crippen molar-refractivity contribution in [2.75, 3.05) is 13.7 Å². The number of ether oxygens (including phenoxy) is 2. The monoisotopic (exact) mass is 465 g/mol. The molecule has 7 heteroatoms. The summed E-state index contributed by atoms with van der Waals surface area (Å²) in [5.41, 5.74) is 1.09. The molecule has 1 fully saturated rings. The molecule has 1 aliphatic heterocycles. The fourth-order valence-electron chi connectivity index (χ4n) is 4.11. The number of aliphatic hydroxyl groups is 2. The van der Waals surface area contributed by atoms with Crippen LogP contribution >= 0.6 is 9.24 Å². The molecular formula is C26H28NO5P. The van der Waals surface area contributed by atoms with Crippen LogP contribution in [-0.4, -0.2) is 47.8 Å². The van der Waals surface area contributed by atoms with Gasteiger partial charge in [-0.25, -0.2) is 0 Å². The molecule has 1 saturated heterocycles. The standard InChI is InChI=1S/C26H28NO5P/c1-31-21-13-11-20(12-14-21)26(30,18-5-3-2-4-6-18)19-9-7-17(8-10-19)25(29)27-16-23-22(28)15-24(33)32-23/h2-14,22-24,28,30H,15-16,33H2,1H3,(H,27,29)/t22-,23+,24-,26?/m0/s1. The number of hydrogen-bond acceptors (Lipinski definition) is 5. The molecule has 3 aromatic rings. The van der Waals surface area contributed by atoms with Gasteiger partial charge >= 0.3 is 0 Å². The number of nitrogens with one attached hydrogen (secondary N) is 1. The molecule has 3 N–H and O–H groups in total. The van der Waals surface area contributed by atoms with Crippen molar-refractivity contribution in [1.82, 2.24) is 5.32 Å². The molecule has 1 amide bonds. The third-order valence-corrected chi connectivity index (χ3v) is 6.41. The van der Waals surface area contributed by atoms with E-state index in [0.29, 0.717) is 34.4 Å². The van der Waals surface area contributed by atoms with Crippen molar-refractivity contribution in [2.45, 2.75) is 30.1 Å². The van der Waals surface area contributed by atoms with Gasteiger partial charge in [0.25, 0.3) is 5.91 Å². The summed E-state index contributed by atoms with van der Waals surface area (Å²) >= 11 is 0. The Kier molecular flexibility index (Phi) is 7.11. The Morgan fingerprint density at radius 3 is 2.15 bits per heavy atom. The Hall–Kier alpha value is -2.76. The average Bonchev–Trinajstić information content (AvgIpc) is 3.19. The van der Waals surface area contributed by atoms with E-state index in [0.717, 1.165) is 0 Å². The number of benzene rings is 3. The van der Waals surface area contributed by atoms with Gasteiger partial charge in [-0.15, -0.1) is 9.24 Å². The summed E-state index contributed by atoms with van der Waals surface area (Å²) in [6.07, 6.45) is -0.488. The summed E-state index contributed by atoms with van der Waals surface area (Å²) in [6, 6.07) is 23.6. The third-order valence-electron chi connectivity index (χ3n) is 5.98. The molecule has 33 heavy (non-hydrogen) atoms. The molecule has 5 atom stereocenters. The van der Waals surface area contributed by atoms with Crippen LogP contribution in [0.15, 0.2) is 78.9 Å². The SMILES string of the molecule is COc1ccc(C(O)(c2ccccc2)c2ccc(C(=O)NC[C@H]3O[C@@H](P)C[C@@H]3O)cc2)cc1. The van der Waals surface area contributed by atoms with E-state index in [9.17, 15) is 15.0 Å². The molecule has 3 aromatic carbocycles. The minimum absolute atomic E-state index is 0.102. The van der Waals surface area contributed by atoms with E-state index in [4.69, 9.17) is 9.47 Å². The molecule has 0 aromatic heterocycles. The first-order chi connectivity index (χ1) is 15.9. The van der Waals surface area contributed by atoms with Crippen LogP contribution in [0.5, 0.6) is 5.75 Å². The van der Waals surface area contributed by atoms with E-state index in [1.807, 2.05) is 54.6 Å². The fraction of sp³-hybridized carbons (Fsp3) is 0.269. The summed E-state index contributed by atoms with van der Waals surface area (Å²) < 4.78 is 10.9. The number of rotatable bonds is 7. The van der Waals surface area contributed by atoms with Gasteiger partial charge < -0.3 is 25.0 Å². The van der Waals surface area contributed by atoms with Crippen LogP contribution in [-0.2, 0) is 10.3 Å². The van der Waals surface area contributed by atoms with E-state index in [1.54, 1.807) is 31.4 Å². The molecule has 0 radical (unpaired) electrons. The summed E-state index contributed by atoms with van der Waals surface area (Å²) in [6.45, 7) is 0.229. The Morgan fingerprint density at radius 2 is 1.61 bits per heavy atom. The van der Waals surface area contributed by atoms with Crippen molar-refractivity contribution in [3.05, 3.63) is 101 Å². The van der Waals surface area contributed by atoms with E-state index in [-0.39, 0.29) is 18.3 Å².